The molecular formula is C11H13N3O2. The lowest BCUT2D eigenvalue weighted by molar-refractivity contribution is -0.139. The first-order valence-corrected chi connectivity index (χ1v) is 5.18. The average molecular weight is 219 g/mol. The third-order valence-electron chi connectivity index (χ3n) is 2.58. The van der Waals surface area contributed by atoms with Gasteiger partial charge >= 0.3 is 5.97 Å². The molecule has 2 aromatic rings. The molecule has 2 aromatic heterocycles. The molecule has 5 nitrogen and oxygen atoms in total. The molecule has 0 spiro atoms. The van der Waals surface area contributed by atoms with Crippen molar-refractivity contribution in [3.8, 4) is 0 Å². The molecule has 16 heavy (non-hydrogen) atoms. The van der Waals surface area contributed by atoms with Gasteiger partial charge in [0.25, 0.3) is 0 Å². The molecule has 0 saturated carbocycles. The molecular weight excluding hydrogens is 206 g/mol. The van der Waals surface area contributed by atoms with Gasteiger partial charge in [0.15, 0.2) is 11.5 Å². The zero-order chi connectivity index (χ0) is 11.7. The summed E-state index contributed by atoms with van der Waals surface area (Å²) >= 11 is 0. The molecule has 0 aliphatic carbocycles. The minimum Gasteiger partial charge on any atom is -0.481 e. The highest BCUT2D eigenvalue weighted by Crippen LogP contribution is 2.17. The average Bonchev–Trinajstić information content (AvgIpc) is 2.63. The lowest BCUT2D eigenvalue weighted by Crippen LogP contribution is -2.12. The number of carboxylic acid groups (broad SMARTS) is 1. The zero-order valence-electron chi connectivity index (χ0n) is 9.21. The van der Waals surface area contributed by atoms with Gasteiger partial charge in [-0.3, -0.25) is 4.79 Å². The number of aryl methyl sites for hydroxylation is 1. The Hall–Kier alpha value is -1.91. The summed E-state index contributed by atoms with van der Waals surface area (Å²) in [6.45, 7) is 3.73. The van der Waals surface area contributed by atoms with E-state index in [9.17, 15) is 4.79 Å². The second-order valence-corrected chi connectivity index (χ2v) is 3.71. The van der Waals surface area contributed by atoms with Crippen LogP contribution in [0.5, 0.6) is 0 Å². The summed E-state index contributed by atoms with van der Waals surface area (Å²) in [6.07, 6.45) is 0.491. The van der Waals surface area contributed by atoms with Gasteiger partial charge in [-0.1, -0.05) is 13.0 Å². The van der Waals surface area contributed by atoms with Crippen LogP contribution in [-0.4, -0.2) is 25.7 Å². The van der Waals surface area contributed by atoms with Crippen LogP contribution in [0.3, 0.4) is 0 Å². The molecule has 0 fully saturated rings. The first-order chi connectivity index (χ1) is 7.63. The van der Waals surface area contributed by atoms with Crippen LogP contribution < -0.4 is 0 Å². The standard InChI is InChI=1S/C11H13N3O2/c1-3-8(11(15)16)10-12-9-6-4-5-7(2)14(9)13-10/h4-6,8H,3H2,1-2H3,(H,15,16). The molecule has 0 aliphatic heterocycles. The predicted octanol–water partition coefficient (Wildman–Crippen LogP) is 1.62. The second kappa shape index (κ2) is 3.92. The largest absolute Gasteiger partial charge is 0.481 e. The Balaban J connectivity index is 2.54. The summed E-state index contributed by atoms with van der Waals surface area (Å²) in [7, 11) is 0. The summed E-state index contributed by atoms with van der Waals surface area (Å²) in [6, 6.07) is 5.61. The number of pyridine rings is 1. The van der Waals surface area contributed by atoms with Crippen molar-refractivity contribution in [2.24, 2.45) is 0 Å². The molecule has 0 amide bonds. The van der Waals surface area contributed by atoms with Crippen molar-refractivity contribution in [3.63, 3.8) is 0 Å². The summed E-state index contributed by atoms with van der Waals surface area (Å²) in [5.74, 6) is -1.13. The van der Waals surface area contributed by atoms with Gasteiger partial charge in [-0.05, 0) is 25.5 Å². The van der Waals surface area contributed by atoms with Gasteiger partial charge in [0.1, 0.15) is 5.92 Å². The molecule has 0 radical (unpaired) electrons. The number of aromatic nitrogens is 3. The molecule has 0 bridgehead atoms. The molecule has 0 saturated heterocycles. The van der Waals surface area contributed by atoms with Crippen LogP contribution in [0.1, 0.15) is 30.8 Å². The number of hydrogen-bond donors (Lipinski definition) is 1. The monoisotopic (exact) mass is 219 g/mol. The Morgan fingerprint density at radius 2 is 2.31 bits per heavy atom. The van der Waals surface area contributed by atoms with Gasteiger partial charge in [-0.15, -0.1) is 0 Å². The molecule has 2 rings (SSSR count). The maximum absolute atomic E-state index is 11.0. The Morgan fingerprint density at radius 1 is 1.56 bits per heavy atom. The highest BCUT2D eigenvalue weighted by molar-refractivity contribution is 5.74. The third-order valence-corrected chi connectivity index (χ3v) is 2.58. The summed E-state index contributed by atoms with van der Waals surface area (Å²) in [5, 5.41) is 13.3. The molecule has 0 aliphatic rings. The normalized spacial score (nSPS) is 12.9. The van der Waals surface area contributed by atoms with E-state index >= 15 is 0 Å². The van der Waals surface area contributed by atoms with Crippen LogP contribution in [-0.2, 0) is 4.79 Å². The summed E-state index contributed by atoms with van der Waals surface area (Å²) < 4.78 is 1.67. The molecule has 1 atom stereocenters. The number of fused-ring (bicyclic) bond motifs is 1. The SMILES string of the molecule is CCC(C(=O)O)c1nc2cccc(C)n2n1. The number of aliphatic carboxylic acids is 1. The van der Waals surface area contributed by atoms with E-state index in [2.05, 4.69) is 10.1 Å². The van der Waals surface area contributed by atoms with E-state index in [0.29, 0.717) is 17.9 Å². The molecule has 5 heteroatoms. The van der Waals surface area contributed by atoms with E-state index in [1.807, 2.05) is 32.0 Å². The lowest BCUT2D eigenvalue weighted by Gasteiger charge is -2.02. The van der Waals surface area contributed by atoms with Crippen LogP contribution in [0.15, 0.2) is 18.2 Å². The van der Waals surface area contributed by atoms with Crippen molar-refractivity contribution in [1.82, 2.24) is 14.6 Å². The molecule has 84 valence electrons. The van der Waals surface area contributed by atoms with Crippen molar-refractivity contribution in [1.29, 1.82) is 0 Å². The minimum absolute atomic E-state index is 0.379. The maximum atomic E-state index is 11.0. The van der Waals surface area contributed by atoms with Gasteiger partial charge in [0.2, 0.25) is 0 Å². The van der Waals surface area contributed by atoms with Gasteiger partial charge in [-0.25, -0.2) is 9.50 Å². The Morgan fingerprint density at radius 3 is 2.88 bits per heavy atom. The van der Waals surface area contributed by atoms with E-state index in [4.69, 9.17) is 5.11 Å². The lowest BCUT2D eigenvalue weighted by atomic mass is 10.1. The van der Waals surface area contributed by atoms with Crippen LogP contribution >= 0.6 is 0 Å². The molecule has 0 aromatic carbocycles. The van der Waals surface area contributed by atoms with Crippen LogP contribution in [0.25, 0.3) is 5.65 Å². The number of nitrogens with zero attached hydrogens (tertiary/aromatic N) is 3. The van der Waals surface area contributed by atoms with E-state index in [1.54, 1.807) is 4.52 Å². The van der Waals surface area contributed by atoms with Gasteiger partial charge in [0, 0.05) is 5.69 Å². The Labute approximate surface area is 92.7 Å². The van der Waals surface area contributed by atoms with E-state index < -0.39 is 11.9 Å². The number of carbonyl (C=O) groups is 1. The highest BCUT2D eigenvalue weighted by Gasteiger charge is 2.22. The van der Waals surface area contributed by atoms with Gasteiger partial charge < -0.3 is 5.11 Å². The smallest absolute Gasteiger partial charge is 0.314 e. The topological polar surface area (TPSA) is 67.5 Å². The third kappa shape index (κ3) is 1.64. The Bertz CT molecular complexity index is 533. The minimum atomic E-state index is -0.879. The fourth-order valence-electron chi connectivity index (χ4n) is 1.67. The zero-order valence-corrected chi connectivity index (χ0v) is 9.21. The van der Waals surface area contributed by atoms with Crippen molar-refractivity contribution < 1.29 is 9.90 Å². The van der Waals surface area contributed by atoms with Gasteiger partial charge in [0.05, 0.1) is 0 Å². The van der Waals surface area contributed by atoms with Crippen LogP contribution in [0.2, 0.25) is 0 Å². The van der Waals surface area contributed by atoms with Crippen molar-refractivity contribution >= 4 is 11.6 Å². The fraction of sp³-hybridized carbons (Fsp3) is 0.364. The molecule has 1 unspecified atom stereocenters. The summed E-state index contributed by atoms with van der Waals surface area (Å²) in [4.78, 5) is 15.2. The van der Waals surface area contributed by atoms with Crippen LogP contribution in [0.4, 0.5) is 0 Å². The van der Waals surface area contributed by atoms with Crippen molar-refractivity contribution in [3.05, 3.63) is 29.7 Å². The quantitative estimate of drug-likeness (QED) is 0.851. The predicted molar refractivity (Wildman–Crippen MR) is 58.4 cm³/mol. The summed E-state index contributed by atoms with van der Waals surface area (Å²) in [5.41, 5.74) is 1.63. The number of carboxylic acids is 1. The fourth-order valence-corrected chi connectivity index (χ4v) is 1.67. The first kappa shape index (κ1) is 10.6. The maximum Gasteiger partial charge on any atom is 0.314 e. The van der Waals surface area contributed by atoms with E-state index in [-0.39, 0.29) is 0 Å². The van der Waals surface area contributed by atoms with Crippen LogP contribution in [0, 0.1) is 6.92 Å². The van der Waals surface area contributed by atoms with E-state index in [0.717, 1.165) is 5.69 Å². The second-order valence-electron chi connectivity index (χ2n) is 3.71. The number of rotatable bonds is 3. The molecule has 1 N–H and O–H groups in total. The highest BCUT2D eigenvalue weighted by atomic mass is 16.4. The van der Waals surface area contributed by atoms with E-state index in [1.165, 1.54) is 0 Å². The number of hydrogen-bond acceptors (Lipinski definition) is 3. The van der Waals surface area contributed by atoms with Crippen molar-refractivity contribution in [2.45, 2.75) is 26.2 Å². The Kier molecular flexibility index (Phi) is 2.60. The molecule has 2 heterocycles. The van der Waals surface area contributed by atoms with Gasteiger partial charge in [-0.2, -0.15) is 5.10 Å². The first-order valence-electron chi connectivity index (χ1n) is 5.18. The van der Waals surface area contributed by atoms with Crippen molar-refractivity contribution in [2.75, 3.05) is 0 Å².